The number of nitrogens with two attached hydrogens (primary N) is 1. The van der Waals surface area contributed by atoms with Crippen LogP contribution in [-0.4, -0.2) is 9.97 Å². The second-order valence-corrected chi connectivity index (χ2v) is 2.55. The number of hydrogen-bond acceptors (Lipinski definition) is 4. The van der Waals surface area contributed by atoms with E-state index in [4.69, 9.17) is 11.0 Å². The lowest BCUT2D eigenvalue weighted by Crippen LogP contribution is -2.04. The predicted molar refractivity (Wildman–Crippen MR) is 45.2 cm³/mol. The molecule has 0 aliphatic heterocycles. The molecule has 4 nitrogen and oxygen atoms in total. The van der Waals surface area contributed by atoms with Crippen molar-refractivity contribution in [3.05, 3.63) is 17.1 Å². The molecule has 12 heavy (non-hydrogen) atoms. The average molecular weight is 162 g/mol. The van der Waals surface area contributed by atoms with E-state index in [1.54, 1.807) is 6.92 Å². The number of hydrogen-bond donors (Lipinski definition) is 1. The van der Waals surface area contributed by atoms with Gasteiger partial charge in [-0.3, -0.25) is 0 Å². The highest BCUT2D eigenvalue weighted by Gasteiger charge is 2.05. The third-order valence-electron chi connectivity index (χ3n) is 1.61. The number of rotatable bonds is 1. The number of aryl methyl sites for hydroxylation is 2. The minimum absolute atomic E-state index is 0.276. The van der Waals surface area contributed by atoms with Crippen molar-refractivity contribution >= 4 is 5.82 Å². The molecule has 1 heterocycles. The third-order valence-corrected chi connectivity index (χ3v) is 1.61. The molecular formula is C8H10N4. The summed E-state index contributed by atoms with van der Waals surface area (Å²) in [4.78, 5) is 8.08. The zero-order chi connectivity index (χ0) is 9.14. The van der Waals surface area contributed by atoms with E-state index < -0.39 is 0 Å². The summed E-state index contributed by atoms with van der Waals surface area (Å²) in [6.07, 6.45) is 0.276. The molecular weight excluding hydrogens is 152 g/mol. The Labute approximate surface area is 71.1 Å². The fraction of sp³-hybridized carbons (Fsp3) is 0.375. The Hall–Kier alpha value is -1.63. The summed E-state index contributed by atoms with van der Waals surface area (Å²) in [7, 11) is 0. The van der Waals surface area contributed by atoms with Gasteiger partial charge in [0.1, 0.15) is 11.6 Å². The van der Waals surface area contributed by atoms with Crippen LogP contribution in [0.2, 0.25) is 0 Å². The van der Waals surface area contributed by atoms with Gasteiger partial charge in [0.25, 0.3) is 0 Å². The quantitative estimate of drug-likeness (QED) is 0.660. The van der Waals surface area contributed by atoms with Crippen LogP contribution in [0.5, 0.6) is 0 Å². The SMILES string of the molecule is Cc1nc(C)c(CC#N)c(N)n1. The van der Waals surface area contributed by atoms with Crippen molar-refractivity contribution in [3.8, 4) is 6.07 Å². The average Bonchev–Trinajstić information content (AvgIpc) is 1.96. The molecule has 0 atom stereocenters. The molecule has 62 valence electrons. The Morgan fingerprint density at radius 2 is 2.08 bits per heavy atom. The van der Waals surface area contributed by atoms with E-state index in [9.17, 15) is 0 Å². The van der Waals surface area contributed by atoms with E-state index in [0.29, 0.717) is 11.6 Å². The Kier molecular flexibility index (Phi) is 2.24. The van der Waals surface area contributed by atoms with Crippen molar-refractivity contribution in [2.24, 2.45) is 0 Å². The summed E-state index contributed by atoms with van der Waals surface area (Å²) < 4.78 is 0. The fourth-order valence-electron chi connectivity index (χ4n) is 1.06. The standard InChI is InChI=1S/C8H10N4/c1-5-7(3-4-9)8(10)12-6(2)11-5/h3H2,1-2H3,(H2,10,11,12). The minimum Gasteiger partial charge on any atom is -0.383 e. The summed E-state index contributed by atoms with van der Waals surface area (Å²) >= 11 is 0. The van der Waals surface area contributed by atoms with Gasteiger partial charge in [0.05, 0.1) is 12.5 Å². The van der Waals surface area contributed by atoms with Gasteiger partial charge < -0.3 is 5.73 Å². The van der Waals surface area contributed by atoms with Crippen molar-refractivity contribution in [1.82, 2.24) is 9.97 Å². The summed E-state index contributed by atoms with van der Waals surface area (Å²) in [5, 5.41) is 8.48. The third kappa shape index (κ3) is 1.51. The van der Waals surface area contributed by atoms with Crippen LogP contribution in [0.1, 0.15) is 17.1 Å². The smallest absolute Gasteiger partial charge is 0.131 e. The zero-order valence-corrected chi connectivity index (χ0v) is 7.13. The maximum Gasteiger partial charge on any atom is 0.131 e. The first-order chi connectivity index (χ1) is 5.65. The van der Waals surface area contributed by atoms with Gasteiger partial charge >= 0.3 is 0 Å². The molecule has 0 aliphatic rings. The summed E-state index contributed by atoms with van der Waals surface area (Å²) in [5.41, 5.74) is 7.14. The highest BCUT2D eigenvalue weighted by molar-refractivity contribution is 5.43. The van der Waals surface area contributed by atoms with Crippen LogP contribution in [0, 0.1) is 25.2 Å². The number of anilines is 1. The number of nitriles is 1. The lowest BCUT2D eigenvalue weighted by Gasteiger charge is -2.04. The van der Waals surface area contributed by atoms with Gasteiger partial charge in [0, 0.05) is 11.3 Å². The molecule has 0 amide bonds. The number of nitrogens with zero attached hydrogens (tertiary/aromatic N) is 3. The fourth-order valence-corrected chi connectivity index (χ4v) is 1.06. The van der Waals surface area contributed by atoms with Crippen LogP contribution >= 0.6 is 0 Å². The van der Waals surface area contributed by atoms with Crippen LogP contribution in [0.25, 0.3) is 0 Å². The van der Waals surface area contributed by atoms with Crippen LogP contribution in [-0.2, 0) is 6.42 Å². The Balaban J connectivity index is 3.21. The predicted octanol–water partition coefficient (Wildman–Crippen LogP) is 0.742. The zero-order valence-electron chi connectivity index (χ0n) is 7.13. The molecule has 0 saturated carbocycles. The summed E-state index contributed by atoms with van der Waals surface area (Å²) in [5.74, 6) is 1.06. The van der Waals surface area contributed by atoms with Crippen LogP contribution in [0.3, 0.4) is 0 Å². The van der Waals surface area contributed by atoms with Gasteiger partial charge in [-0.25, -0.2) is 9.97 Å². The monoisotopic (exact) mass is 162 g/mol. The molecule has 1 aromatic heterocycles. The first-order valence-corrected chi connectivity index (χ1v) is 3.61. The lowest BCUT2D eigenvalue weighted by molar-refractivity contribution is 0.979. The molecule has 0 radical (unpaired) electrons. The van der Waals surface area contributed by atoms with Crippen molar-refractivity contribution in [1.29, 1.82) is 5.26 Å². The second-order valence-electron chi connectivity index (χ2n) is 2.55. The first kappa shape index (κ1) is 8.47. The maximum absolute atomic E-state index is 8.48. The largest absolute Gasteiger partial charge is 0.383 e. The summed E-state index contributed by atoms with van der Waals surface area (Å²) in [6.45, 7) is 3.61. The molecule has 0 fully saturated rings. The molecule has 2 N–H and O–H groups in total. The van der Waals surface area contributed by atoms with Crippen molar-refractivity contribution < 1.29 is 0 Å². The van der Waals surface area contributed by atoms with Crippen molar-refractivity contribution in [2.75, 3.05) is 5.73 Å². The van der Waals surface area contributed by atoms with Gasteiger partial charge in [-0.2, -0.15) is 5.26 Å². The highest BCUT2D eigenvalue weighted by Crippen LogP contribution is 2.12. The molecule has 0 aliphatic carbocycles. The van der Waals surface area contributed by atoms with E-state index in [2.05, 4.69) is 9.97 Å². The van der Waals surface area contributed by atoms with Crippen LogP contribution in [0.15, 0.2) is 0 Å². The van der Waals surface area contributed by atoms with Gasteiger partial charge in [-0.15, -0.1) is 0 Å². The first-order valence-electron chi connectivity index (χ1n) is 3.61. The maximum atomic E-state index is 8.48. The minimum atomic E-state index is 0.276. The molecule has 4 heteroatoms. The molecule has 0 spiro atoms. The normalized spacial score (nSPS) is 9.42. The van der Waals surface area contributed by atoms with Crippen LogP contribution < -0.4 is 5.73 Å². The van der Waals surface area contributed by atoms with Crippen molar-refractivity contribution in [3.63, 3.8) is 0 Å². The number of aromatic nitrogens is 2. The molecule has 0 saturated heterocycles. The highest BCUT2D eigenvalue weighted by atomic mass is 14.9. The van der Waals surface area contributed by atoms with E-state index in [-0.39, 0.29) is 6.42 Å². The summed E-state index contributed by atoms with van der Waals surface area (Å²) in [6, 6.07) is 2.03. The van der Waals surface area contributed by atoms with Gasteiger partial charge in [-0.05, 0) is 13.8 Å². The molecule has 1 aromatic rings. The van der Waals surface area contributed by atoms with Gasteiger partial charge in [0.2, 0.25) is 0 Å². The van der Waals surface area contributed by atoms with Gasteiger partial charge in [-0.1, -0.05) is 0 Å². The second kappa shape index (κ2) is 3.18. The topological polar surface area (TPSA) is 75.6 Å². The molecule has 0 unspecified atom stereocenters. The van der Waals surface area contributed by atoms with Crippen molar-refractivity contribution in [2.45, 2.75) is 20.3 Å². The Bertz CT molecular complexity index is 314. The van der Waals surface area contributed by atoms with E-state index in [1.807, 2.05) is 13.0 Å². The van der Waals surface area contributed by atoms with Gasteiger partial charge in [0.15, 0.2) is 0 Å². The Morgan fingerprint density at radius 3 is 2.58 bits per heavy atom. The van der Waals surface area contributed by atoms with E-state index in [0.717, 1.165) is 11.3 Å². The molecule has 1 rings (SSSR count). The van der Waals surface area contributed by atoms with Crippen LogP contribution in [0.4, 0.5) is 5.82 Å². The lowest BCUT2D eigenvalue weighted by atomic mass is 10.1. The Morgan fingerprint density at radius 1 is 1.42 bits per heavy atom. The number of nitrogen functional groups attached to an aromatic ring is 1. The molecule has 0 bridgehead atoms. The van der Waals surface area contributed by atoms with E-state index in [1.165, 1.54) is 0 Å². The van der Waals surface area contributed by atoms with E-state index >= 15 is 0 Å². The molecule has 0 aromatic carbocycles.